The molecule has 1 aliphatic rings. The summed E-state index contributed by atoms with van der Waals surface area (Å²) in [7, 11) is 0. The van der Waals surface area contributed by atoms with Crippen molar-refractivity contribution in [1.82, 2.24) is 14.8 Å². The highest BCUT2D eigenvalue weighted by Crippen LogP contribution is 2.29. The number of ether oxygens (including phenoxy) is 1. The summed E-state index contributed by atoms with van der Waals surface area (Å²) in [5.41, 5.74) is 0. The maximum absolute atomic E-state index is 5.91. The summed E-state index contributed by atoms with van der Waals surface area (Å²) in [6, 6.07) is 0. The standard InChI is InChI=1S/C12H20ClN3O/c1-8(2)6-16-11(5-13)14-15-12(16)10-4-9(3)17-7-10/h8-10H,4-7H2,1-3H3. The van der Waals surface area contributed by atoms with Gasteiger partial charge >= 0.3 is 0 Å². The topological polar surface area (TPSA) is 39.9 Å². The Hall–Kier alpha value is -0.610. The minimum Gasteiger partial charge on any atom is -0.378 e. The molecule has 2 rings (SSSR count). The largest absolute Gasteiger partial charge is 0.378 e. The Labute approximate surface area is 107 Å². The van der Waals surface area contributed by atoms with Crippen LogP contribution in [0.2, 0.25) is 0 Å². The Balaban J connectivity index is 2.23. The molecule has 2 heterocycles. The number of hydrogen-bond acceptors (Lipinski definition) is 3. The van der Waals surface area contributed by atoms with E-state index in [1.807, 2.05) is 0 Å². The molecule has 0 amide bonds. The highest BCUT2D eigenvalue weighted by atomic mass is 35.5. The fraction of sp³-hybridized carbons (Fsp3) is 0.833. The molecule has 4 nitrogen and oxygen atoms in total. The lowest BCUT2D eigenvalue weighted by atomic mass is 10.1. The molecule has 0 aliphatic carbocycles. The van der Waals surface area contributed by atoms with Crippen molar-refractivity contribution in [1.29, 1.82) is 0 Å². The molecule has 1 aliphatic heterocycles. The van der Waals surface area contributed by atoms with Crippen molar-refractivity contribution in [3.63, 3.8) is 0 Å². The average molecular weight is 258 g/mol. The van der Waals surface area contributed by atoms with Crippen molar-refractivity contribution < 1.29 is 4.74 Å². The molecule has 2 unspecified atom stereocenters. The zero-order valence-electron chi connectivity index (χ0n) is 10.7. The van der Waals surface area contributed by atoms with Crippen LogP contribution in [-0.4, -0.2) is 27.5 Å². The molecule has 96 valence electrons. The van der Waals surface area contributed by atoms with Crippen LogP contribution in [0, 0.1) is 5.92 Å². The smallest absolute Gasteiger partial charge is 0.147 e. The maximum atomic E-state index is 5.91. The molecular formula is C12H20ClN3O. The van der Waals surface area contributed by atoms with Gasteiger partial charge in [-0.15, -0.1) is 21.8 Å². The third-order valence-corrected chi connectivity index (χ3v) is 3.33. The van der Waals surface area contributed by atoms with Gasteiger partial charge in [-0.05, 0) is 19.3 Å². The molecule has 0 bridgehead atoms. The molecule has 0 aromatic carbocycles. The van der Waals surface area contributed by atoms with E-state index in [9.17, 15) is 0 Å². The van der Waals surface area contributed by atoms with Crippen LogP contribution in [-0.2, 0) is 17.2 Å². The zero-order valence-corrected chi connectivity index (χ0v) is 11.4. The molecule has 0 saturated carbocycles. The van der Waals surface area contributed by atoms with E-state index >= 15 is 0 Å². The Morgan fingerprint density at radius 2 is 2.24 bits per heavy atom. The molecule has 1 fully saturated rings. The van der Waals surface area contributed by atoms with E-state index in [-0.39, 0.29) is 0 Å². The first-order chi connectivity index (χ1) is 8.11. The monoisotopic (exact) mass is 257 g/mol. The van der Waals surface area contributed by atoms with Crippen LogP contribution in [0.15, 0.2) is 0 Å². The second-order valence-corrected chi connectivity index (χ2v) is 5.46. The third kappa shape index (κ3) is 2.80. The first-order valence-corrected chi connectivity index (χ1v) is 6.74. The summed E-state index contributed by atoms with van der Waals surface area (Å²) in [5.74, 6) is 3.26. The number of aromatic nitrogens is 3. The minimum atomic E-state index is 0.323. The fourth-order valence-corrected chi connectivity index (χ4v) is 2.51. The van der Waals surface area contributed by atoms with Crippen molar-refractivity contribution in [2.45, 2.75) is 51.6 Å². The molecule has 2 atom stereocenters. The zero-order chi connectivity index (χ0) is 12.4. The van der Waals surface area contributed by atoms with E-state index in [1.165, 1.54) is 0 Å². The van der Waals surface area contributed by atoms with Gasteiger partial charge in [0.05, 0.1) is 18.6 Å². The van der Waals surface area contributed by atoms with Gasteiger partial charge in [0.25, 0.3) is 0 Å². The third-order valence-electron chi connectivity index (χ3n) is 3.09. The van der Waals surface area contributed by atoms with Crippen LogP contribution < -0.4 is 0 Å². The van der Waals surface area contributed by atoms with Crippen molar-refractivity contribution in [2.24, 2.45) is 5.92 Å². The highest BCUT2D eigenvalue weighted by molar-refractivity contribution is 6.16. The summed E-state index contributed by atoms with van der Waals surface area (Å²) in [5, 5.41) is 8.49. The van der Waals surface area contributed by atoms with Gasteiger partial charge in [0.15, 0.2) is 0 Å². The van der Waals surface area contributed by atoms with Gasteiger partial charge in [-0.3, -0.25) is 0 Å². The fourth-order valence-electron chi connectivity index (χ4n) is 2.31. The predicted molar refractivity (Wildman–Crippen MR) is 67.2 cm³/mol. The van der Waals surface area contributed by atoms with Gasteiger partial charge in [-0.25, -0.2) is 0 Å². The summed E-state index contributed by atoms with van der Waals surface area (Å²) < 4.78 is 7.78. The van der Waals surface area contributed by atoms with Crippen molar-refractivity contribution in [2.75, 3.05) is 6.61 Å². The Bertz CT molecular complexity index is 378. The first-order valence-electron chi connectivity index (χ1n) is 6.21. The number of alkyl halides is 1. The molecule has 1 aromatic heterocycles. The number of rotatable bonds is 4. The second-order valence-electron chi connectivity index (χ2n) is 5.19. The van der Waals surface area contributed by atoms with Crippen LogP contribution >= 0.6 is 11.6 Å². The van der Waals surface area contributed by atoms with Crippen LogP contribution in [0.5, 0.6) is 0 Å². The van der Waals surface area contributed by atoms with Gasteiger partial charge in [0.1, 0.15) is 11.6 Å². The highest BCUT2D eigenvalue weighted by Gasteiger charge is 2.28. The predicted octanol–water partition coefficient (Wildman–Crippen LogP) is 2.57. The Kier molecular flexibility index (Phi) is 4.05. The lowest BCUT2D eigenvalue weighted by Gasteiger charge is -2.14. The molecule has 5 heteroatoms. The van der Waals surface area contributed by atoms with Crippen molar-refractivity contribution in [3.05, 3.63) is 11.6 Å². The Morgan fingerprint density at radius 3 is 2.76 bits per heavy atom. The van der Waals surface area contributed by atoms with E-state index in [0.717, 1.165) is 31.2 Å². The molecule has 0 radical (unpaired) electrons. The van der Waals surface area contributed by atoms with Crippen LogP contribution in [0.3, 0.4) is 0 Å². The van der Waals surface area contributed by atoms with Crippen molar-refractivity contribution >= 4 is 11.6 Å². The SMILES string of the molecule is CC(C)Cn1c(CCl)nnc1C1COC(C)C1. The van der Waals surface area contributed by atoms with Gasteiger partial charge in [-0.2, -0.15) is 0 Å². The first kappa shape index (κ1) is 12.8. The number of halogens is 1. The molecule has 0 N–H and O–H groups in total. The van der Waals surface area contributed by atoms with E-state index in [1.54, 1.807) is 0 Å². The second kappa shape index (κ2) is 5.36. The lowest BCUT2D eigenvalue weighted by molar-refractivity contribution is 0.123. The molecular weight excluding hydrogens is 238 g/mol. The maximum Gasteiger partial charge on any atom is 0.147 e. The van der Waals surface area contributed by atoms with E-state index in [2.05, 4.69) is 35.5 Å². The number of nitrogens with zero attached hydrogens (tertiary/aromatic N) is 3. The quantitative estimate of drug-likeness (QED) is 0.779. The van der Waals surface area contributed by atoms with Crippen molar-refractivity contribution in [3.8, 4) is 0 Å². The normalized spacial score (nSPS) is 24.8. The van der Waals surface area contributed by atoms with Gasteiger partial charge in [0, 0.05) is 12.5 Å². The van der Waals surface area contributed by atoms with Gasteiger partial charge < -0.3 is 9.30 Å². The van der Waals surface area contributed by atoms with Gasteiger partial charge in [-0.1, -0.05) is 13.8 Å². The van der Waals surface area contributed by atoms with Gasteiger partial charge in [0.2, 0.25) is 0 Å². The number of hydrogen-bond donors (Lipinski definition) is 0. The summed E-state index contributed by atoms with van der Waals surface area (Å²) in [6.45, 7) is 8.16. The van der Waals surface area contributed by atoms with E-state index < -0.39 is 0 Å². The van der Waals surface area contributed by atoms with E-state index in [0.29, 0.717) is 23.8 Å². The summed E-state index contributed by atoms with van der Waals surface area (Å²) in [6.07, 6.45) is 1.35. The summed E-state index contributed by atoms with van der Waals surface area (Å²) in [4.78, 5) is 0. The molecule has 17 heavy (non-hydrogen) atoms. The average Bonchev–Trinajstić information content (AvgIpc) is 2.84. The minimum absolute atomic E-state index is 0.323. The lowest BCUT2D eigenvalue weighted by Crippen LogP contribution is -2.14. The molecule has 0 spiro atoms. The van der Waals surface area contributed by atoms with Crippen LogP contribution in [0.25, 0.3) is 0 Å². The molecule has 1 saturated heterocycles. The molecule has 1 aromatic rings. The van der Waals surface area contributed by atoms with Crippen LogP contribution in [0.4, 0.5) is 0 Å². The summed E-state index contributed by atoms with van der Waals surface area (Å²) >= 11 is 5.91. The Morgan fingerprint density at radius 1 is 1.47 bits per heavy atom. The van der Waals surface area contributed by atoms with E-state index in [4.69, 9.17) is 16.3 Å². The van der Waals surface area contributed by atoms with Crippen LogP contribution in [0.1, 0.15) is 44.8 Å².